The van der Waals surface area contributed by atoms with Crippen molar-refractivity contribution in [3.63, 3.8) is 0 Å². The van der Waals surface area contributed by atoms with Gasteiger partial charge < -0.3 is 9.47 Å². The Balaban J connectivity index is 2.24. The summed E-state index contributed by atoms with van der Waals surface area (Å²) in [6.07, 6.45) is -2.55. The number of methoxy groups -OCH3 is 1. The molecule has 0 fully saturated rings. The van der Waals surface area contributed by atoms with Crippen LogP contribution in [0.4, 0.5) is 8.78 Å². The lowest BCUT2D eigenvalue weighted by Gasteiger charge is -2.12. The Bertz CT molecular complexity index is 674. The van der Waals surface area contributed by atoms with Gasteiger partial charge in [-0.25, -0.2) is 8.78 Å². The SMILES string of the molecule is COC(=O)Cc1cccc(Oc2ccc(Br)cc2C(F)F)c1. The van der Waals surface area contributed by atoms with Crippen LogP contribution in [-0.4, -0.2) is 13.1 Å². The summed E-state index contributed by atoms with van der Waals surface area (Å²) in [7, 11) is 1.30. The van der Waals surface area contributed by atoms with Gasteiger partial charge in [0.2, 0.25) is 0 Å². The van der Waals surface area contributed by atoms with E-state index >= 15 is 0 Å². The predicted octanol–water partition coefficient (Wildman–Crippen LogP) is 4.89. The summed E-state index contributed by atoms with van der Waals surface area (Å²) in [6, 6.07) is 11.1. The first-order chi connectivity index (χ1) is 10.5. The highest BCUT2D eigenvalue weighted by Crippen LogP contribution is 2.34. The monoisotopic (exact) mass is 370 g/mol. The molecular formula is C16H13BrF2O3. The van der Waals surface area contributed by atoms with Crippen molar-refractivity contribution in [3.05, 3.63) is 58.1 Å². The Morgan fingerprint density at radius 2 is 2.00 bits per heavy atom. The normalized spacial score (nSPS) is 10.6. The summed E-state index contributed by atoms with van der Waals surface area (Å²) in [4.78, 5) is 11.3. The number of halogens is 3. The van der Waals surface area contributed by atoms with Crippen molar-refractivity contribution < 1.29 is 23.0 Å². The second-order valence-corrected chi connectivity index (χ2v) is 5.40. The molecule has 0 aliphatic carbocycles. The molecule has 22 heavy (non-hydrogen) atoms. The second kappa shape index (κ2) is 7.35. The lowest BCUT2D eigenvalue weighted by molar-refractivity contribution is -0.139. The van der Waals surface area contributed by atoms with Gasteiger partial charge in [0, 0.05) is 4.47 Å². The lowest BCUT2D eigenvalue weighted by atomic mass is 10.1. The van der Waals surface area contributed by atoms with Gasteiger partial charge in [-0.05, 0) is 35.9 Å². The van der Waals surface area contributed by atoms with Gasteiger partial charge in [-0.3, -0.25) is 4.79 Å². The van der Waals surface area contributed by atoms with E-state index in [0.717, 1.165) is 0 Å². The van der Waals surface area contributed by atoms with Gasteiger partial charge in [-0.2, -0.15) is 0 Å². The predicted molar refractivity (Wildman–Crippen MR) is 81.3 cm³/mol. The number of ether oxygens (including phenoxy) is 2. The highest BCUT2D eigenvalue weighted by Gasteiger charge is 2.15. The second-order valence-electron chi connectivity index (χ2n) is 4.49. The molecule has 0 unspecified atom stereocenters. The third-order valence-corrected chi connectivity index (χ3v) is 3.40. The average molecular weight is 371 g/mol. The van der Waals surface area contributed by atoms with Crippen molar-refractivity contribution in [2.45, 2.75) is 12.8 Å². The number of benzene rings is 2. The Labute approximate surface area is 135 Å². The van der Waals surface area contributed by atoms with Crippen LogP contribution in [-0.2, 0) is 16.0 Å². The maximum Gasteiger partial charge on any atom is 0.309 e. The molecule has 0 saturated carbocycles. The van der Waals surface area contributed by atoms with E-state index in [9.17, 15) is 13.6 Å². The van der Waals surface area contributed by atoms with Crippen LogP contribution in [0.15, 0.2) is 46.9 Å². The first kappa shape index (κ1) is 16.4. The Kier molecular flexibility index (Phi) is 5.49. The lowest BCUT2D eigenvalue weighted by Crippen LogP contribution is -2.04. The average Bonchev–Trinajstić information content (AvgIpc) is 2.49. The van der Waals surface area contributed by atoms with Gasteiger partial charge in [0.05, 0.1) is 19.1 Å². The molecule has 0 N–H and O–H groups in total. The fraction of sp³-hybridized carbons (Fsp3) is 0.188. The number of carbonyl (C=O) groups excluding carboxylic acids is 1. The first-order valence-corrected chi connectivity index (χ1v) is 7.20. The van der Waals surface area contributed by atoms with Gasteiger partial charge in [-0.1, -0.05) is 28.1 Å². The van der Waals surface area contributed by atoms with Crippen LogP contribution in [0.5, 0.6) is 11.5 Å². The number of rotatable bonds is 5. The van der Waals surface area contributed by atoms with Gasteiger partial charge in [0.25, 0.3) is 6.43 Å². The minimum atomic E-state index is -2.65. The maximum atomic E-state index is 13.0. The molecule has 0 bridgehead atoms. The molecule has 0 aliphatic heterocycles. The van der Waals surface area contributed by atoms with Crippen LogP contribution in [0.2, 0.25) is 0 Å². The highest BCUT2D eigenvalue weighted by atomic mass is 79.9. The molecule has 0 heterocycles. The molecule has 116 valence electrons. The third-order valence-electron chi connectivity index (χ3n) is 2.91. The summed E-state index contributed by atoms with van der Waals surface area (Å²) >= 11 is 3.16. The fourth-order valence-corrected chi connectivity index (χ4v) is 2.25. The van der Waals surface area contributed by atoms with Crippen molar-refractivity contribution in [1.29, 1.82) is 0 Å². The Hall–Kier alpha value is -1.95. The van der Waals surface area contributed by atoms with E-state index < -0.39 is 6.43 Å². The summed E-state index contributed by atoms with van der Waals surface area (Å²) in [5.41, 5.74) is 0.479. The molecule has 2 aromatic rings. The topological polar surface area (TPSA) is 35.5 Å². The summed E-state index contributed by atoms with van der Waals surface area (Å²) in [5, 5.41) is 0. The van der Waals surface area contributed by atoms with Gasteiger partial charge >= 0.3 is 5.97 Å². The minimum absolute atomic E-state index is 0.0772. The molecular weight excluding hydrogens is 358 g/mol. The molecule has 0 spiro atoms. The van der Waals surface area contributed by atoms with Crippen LogP contribution < -0.4 is 4.74 Å². The summed E-state index contributed by atoms with van der Waals surface area (Å²) in [5.74, 6) is 0.0769. The number of hydrogen-bond donors (Lipinski definition) is 0. The number of esters is 1. The van der Waals surface area contributed by atoms with E-state index in [2.05, 4.69) is 20.7 Å². The summed E-state index contributed by atoms with van der Waals surface area (Å²) in [6.45, 7) is 0. The molecule has 0 aliphatic rings. The van der Waals surface area contributed by atoms with Crippen molar-refractivity contribution in [1.82, 2.24) is 0 Å². The highest BCUT2D eigenvalue weighted by molar-refractivity contribution is 9.10. The van der Waals surface area contributed by atoms with E-state index in [1.807, 2.05) is 0 Å². The molecule has 2 rings (SSSR count). The molecule has 0 radical (unpaired) electrons. The zero-order valence-electron chi connectivity index (χ0n) is 11.7. The van der Waals surface area contributed by atoms with Crippen LogP contribution in [0.25, 0.3) is 0 Å². The van der Waals surface area contributed by atoms with Crippen molar-refractivity contribution in [3.8, 4) is 11.5 Å². The van der Waals surface area contributed by atoms with E-state index in [-0.39, 0.29) is 23.7 Å². The molecule has 0 atom stereocenters. The van der Waals surface area contributed by atoms with E-state index in [4.69, 9.17) is 4.74 Å². The van der Waals surface area contributed by atoms with E-state index in [1.165, 1.54) is 19.2 Å². The number of alkyl halides is 2. The van der Waals surface area contributed by atoms with Crippen molar-refractivity contribution in [2.75, 3.05) is 7.11 Å². The van der Waals surface area contributed by atoms with Crippen LogP contribution in [0.3, 0.4) is 0 Å². The molecule has 0 aromatic heterocycles. The largest absolute Gasteiger partial charge is 0.469 e. The van der Waals surface area contributed by atoms with Gasteiger partial charge in [-0.15, -0.1) is 0 Å². The Morgan fingerprint density at radius 1 is 1.23 bits per heavy atom. The number of hydrogen-bond acceptors (Lipinski definition) is 3. The molecule has 3 nitrogen and oxygen atoms in total. The van der Waals surface area contributed by atoms with Gasteiger partial charge in [0.15, 0.2) is 0 Å². The van der Waals surface area contributed by atoms with Crippen LogP contribution in [0.1, 0.15) is 17.6 Å². The van der Waals surface area contributed by atoms with Crippen molar-refractivity contribution in [2.24, 2.45) is 0 Å². The van der Waals surface area contributed by atoms with Crippen LogP contribution in [0, 0.1) is 0 Å². The minimum Gasteiger partial charge on any atom is -0.469 e. The van der Waals surface area contributed by atoms with Crippen molar-refractivity contribution >= 4 is 21.9 Å². The molecule has 2 aromatic carbocycles. The standard InChI is InChI=1S/C16H13BrF2O3/c1-21-15(20)8-10-3-2-4-12(7-10)22-14-6-5-11(17)9-13(14)16(18)19/h2-7,9,16H,8H2,1H3. The maximum absolute atomic E-state index is 13.0. The zero-order valence-corrected chi connectivity index (χ0v) is 13.3. The molecule has 0 amide bonds. The van der Waals surface area contributed by atoms with E-state index in [1.54, 1.807) is 30.3 Å². The molecule has 6 heteroatoms. The number of carbonyl (C=O) groups is 1. The third kappa shape index (κ3) is 4.27. The fourth-order valence-electron chi connectivity index (χ4n) is 1.87. The first-order valence-electron chi connectivity index (χ1n) is 6.41. The smallest absolute Gasteiger partial charge is 0.309 e. The van der Waals surface area contributed by atoms with E-state index in [0.29, 0.717) is 15.8 Å². The zero-order chi connectivity index (χ0) is 16.1. The quantitative estimate of drug-likeness (QED) is 0.702. The Morgan fingerprint density at radius 3 is 2.68 bits per heavy atom. The molecule has 0 saturated heterocycles. The van der Waals surface area contributed by atoms with Gasteiger partial charge in [0.1, 0.15) is 11.5 Å². The van der Waals surface area contributed by atoms with Crippen LogP contribution >= 0.6 is 15.9 Å². The summed E-state index contributed by atoms with van der Waals surface area (Å²) < 4.78 is 36.8.